The maximum atomic E-state index is 5.97. The van der Waals surface area contributed by atoms with Crippen LogP contribution in [0.25, 0.3) is 0 Å². The molecule has 20 heavy (non-hydrogen) atoms. The van der Waals surface area contributed by atoms with E-state index in [9.17, 15) is 0 Å². The van der Waals surface area contributed by atoms with Gasteiger partial charge in [-0.25, -0.2) is 0 Å². The summed E-state index contributed by atoms with van der Waals surface area (Å²) in [6.45, 7) is 2.46. The first kappa shape index (κ1) is 15.1. The second-order valence-electron chi connectivity index (χ2n) is 4.61. The van der Waals surface area contributed by atoms with Crippen molar-refractivity contribution >= 4 is 22.6 Å². The second kappa shape index (κ2) is 6.95. The van der Waals surface area contributed by atoms with Crippen LogP contribution in [0, 0.1) is 3.57 Å². The first-order valence-electron chi connectivity index (χ1n) is 6.41. The summed E-state index contributed by atoms with van der Waals surface area (Å²) in [5, 5.41) is 0. The number of hydrogen-bond donors (Lipinski definition) is 1. The van der Waals surface area contributed by atoms with E-state index >= 15 is 0 Å². The van der Waals surface area contributed by atoms with Crippen LogP contribution in [0.15, 0.2) is 42.5 Å². The summed E-state index contributed by atoms with van der Waals surface area (Å²) < 4.78 is 12.4. The maximum absolute atomic E-state index is 5.97. The molecule has 0 heterocycles. The molecule has 0 fully saturated rings. The van der Waals surface area contributed by atoms with Crippen LogP contribution < -0.4 is 15.2 Å². The lowest BCUT2D eigenvalue weighted by Gasteiger charge is -2.15. The molecule has 4 heteroatoms. The summed E-state index contributed by atoms with van der Waals surface area (Å²) in [5.41, 5.74) is 8.08. The first-order valence-corrected chi connectivity index (χ1v) is 7.49. The molecule has 0 amide bonds. The van der Waals surface area contributed by atoms with Gasteiger partial charge in [0.2, 0.25) is 0 Å². The summed E-state index contributed by atoms with van der Waals surface area (Å²) in [4.78, 5) is 0. The molecule has 2 aromatic carbocycles. The van der Waals surface area contributed by atoms with Crippen molar-refractivity contribution in [2.45, 2.75) is 19.6 Å². The van der Waals surface area contributed by atoms with Crippen molar-refractivity contribution in [1.29, 1.82) is 0 Å². The van der Waals surface area contributed by atoms with Gasteiger partial charge in [0.05, 0.1) is 7.11 Å². The molecule has 2 N–H and O–H groups in total. The van der Waals surface area contributed by atoms with Gasteiger partial charge in [0.15, 0.2) is 0 Å². The molecule has 0 aromatic heterocycles. The Bertz CT molecular complexity index is 567. The van der Waals surface area contributed by atoms with E-state index in [0.717, 1.165) is 22.6 Å². The summed E-state index contributed by atoms with van der Waals surface area (Å²) in [6, 6.07) is 13.9. The summed E-state index contributed by atoms with van der Waals surface area (Å²) in [5.74, 6) is 1.55. The molecule has 1 unspecified atom stereocenters. The molecule has 0 saturated heterocycles. The highest BCUT2D eigenvalue weighted by Gasteiger charge is 2.10. The minimum absolute atomic E-state index is 0.0763. The van der Waals surface area contributed by atoms with E-state index in [-0.39, 0.29) is 6.04 Å². The van der Waals surface area contributed by atoms with Gasteiger partial charge in [-0.1, -0.05) is 18.2 Å². The van der Waals surface area contributed by atoms with E-state index in [1.54, 1.807) is 7.11 Å². The highest BCUT2D eigenvalue weighted by atomic mass is 127. The van der Waals surface area contributed by atoms with E-state index in [2.05, 4.69) is 46.9 Å². The molecule has 0 spiro atoms. The second-order valence-corrected chi connectivity index (χ2v) is 5.85. The van der Waals surface area contributed by atoms with Gasteiger partial charge in [0, 0.05) is 21.2 Å². The SMILES string of the molecule is COc1ccc(C(C)N)c(OCc2ccc(I)cc2)c1. The molecule has 1 atom stereocenters. The van der Waals surface area contributed by atoms with Gasteiger partial charge >= 0.3 is 0 Å². The molecule has 0 bridgehead atoms. The smallest absolute Gasteiger partial charge is 0.128 e. The fraction of sp³-hybridized carbons (Fsp3) is 0.250. The number of hydrogen-bond acceptors (Lipinski definition) is 3. The van der Waals surface area contributed by atoms with Crippen molar-refractivity contribution < 1.29 is 9.47 Å². The quantitative estimate of drug-likeness (QED) is 0.797. The first-order chi connectivity index (χ1) is 9.60. The molecule has 0 aliphatic carbocycles. The number of ether oxygens (including phenoxy) is 2. The zero-order valence-electron chi connectivity index (χ0n) is 11.6. The maximum Gasteiger partial charge on any atom is 0.128 e. The third-order valence-corrected chi connectivity index (χ3v) is 3.74. The Morgan fingerprint density at radius 2 is 1.85 bits per heavy atom. The van der Waals surface area contributed by atoms with Crippen molar-refractivity contribution in [2.24, 2.45) is 5.73 Å². The van der Waals surface area contributed by atoms with Crippen LogP contribution >= 0.6 is 22.6 Å². The normalized spacial score (nSPS) is 12.0. The fourth-order valence-corrected chi connectivity index (χ4v) is 2.24. The highest BCUT2D eigenvalue weighted by Crippen LogP contribution is 2.29. The number of benzene rings is 2. The molecule has 2 aromatic rings. The van der Waals surface area contributed by atoms with Gasteiger partial charge < -0.3 is 15.2 Å². The van der Waals surface area contributed by atoms with Crippen molar-refractivity contribution in [3.05, 3.63) is 57.2 Å². The highest BCUT2D eigenvalue weighted by molar-refractivity contribution is 14.1. The van der Waals surface area contributed by atoms with Gasteiger partial charge in [0.1, 0.15) is 18.1 Å². The van der Waals surface area contributed by atoms with E-state index < -0.39 is 0 Å². The van der Waals surface area contributed by atoms with Crippen molar-refractivity contribution in [2.75, 3.05) is 7.11 Å². The number of rotatable bonds is 5. The van der Waals surface area contributed by atoms with E-state index in [4.69, 9.17) is 15.2 Å². The average molecular weight is 383 g/mol. The Hall–Kier alpha value is -1.27. The standard InChI is InChI=1S/C16H18INO2/c1-11(18)15-8-7-14(19-2)9-16(15)20-10-12-3-5-13(17)6-4-12/h3-9,11H,10,18H2,1-2H3. The van der Waals surface area contributed by atoms with Crippen LogP contribution in [-0.4, -0.2) is 7.11 Å². The largest absolute Gasteiger partial charge is 0.497 e. The third kappa shape index (κ3) is 3.86. The number of nitrogens with two attached hydrogens (primary N) is 1. The van der Waals surface area contributed by atoms with Gasteiger partial charge in [-0.2, -0.15) is 0 Å². The van der Waals surface area contributed by atoms with Crippen LogP contribution in [0.4, 0.5) is 0 Å². The van der Waals surface area contributed by atoms with Crippen LogP contribution in [0.3, 0.4) is 0 Å². The summed E-state index contributed by atoms with van der Waals surface area (Å²) >= 11 is 2.29. The average Bonchev–Trinajstić information content (AvgIpc) is 2.46. The van der Waals surface area contributed by atoms with Crippen molar-refractivity contribution in [3.63, 3.8) is 0 Å². The zero-order valence-corrected chi connectivity index (χ0v) is 13.8. The molecular weight excluding hydrogens is 365 g/mol. The summed E-state index contributed by atoms with van der Waals surface area (Å²) in [6.07, 6.45) is 0. The lowest BCUT2D eigenvalue weighted by molar-refractivity contribution is 0.299. The third-order valence-electron chi connectivity index (χ3n) is 3.02. The lowest BCUT2D eigenvalue weighted by atomic mass is 10.1. The van der Waals surface area contributed by atoms with Crippen molar-refractivity contribution in [1.82, 2.24) is 0 Å². The Kier molecular flexibility index (Phi) is 5.25. The fourth-order valence-electron chi connectivity index (χ4n) is 1.88. The van der Waals surface area contributed by atoms with Gasteiger partial charge in [-0.15, -0.1) is 0 Å². The Morgan fingerprint density at radius 1 is 1.15 bits per heavy atom. The topological polar surface area (TPSA) is 44.5 Å². The van der Waals surface area contributed by atoms with Crippen LogP contribution in [0.2, 0.25) is 0 Å². The minimum Gasteiger partial charge on any atom is -0.497 e. The van der Waals surface area contributed by atoms with Crippen LogP contribution in [-0.2, 0) is 6.61 Å². The Balaban J connectivity index is 2.16. The molecule has 2 rings (SSSR count). The molecule has 3 nitrogen and oxygen atoms in total. The molecule has 0 saturated carbocycles. The zero-order chi connectivity index (χ0) is 14.5. The predicted octanol–water partition coefficient (Wildman–Crippen LogP) is 3.90. The van der Waals surface area contributed by atoms with Gasteiger partial charge in [-0.05, 0) is 53.3 Å². The Labute approximate surface area is 133 Å². The predicted molar refractivity (Wildman–Crippen MR) is 89.1 cm³/mol. The molecule has 0 aliphatic heterocycles. The Morgan fingerprint density at radius 3 is 2.45 bits per heavy atom. The number of methoxy groups -OCH3 is 1. The van der Waals surface area contributed by atoms with Crippen LogP contribution in [0.5, 0.6) is 11.5 Å². The minimum atomic E-state index is -0.0763. The van der Waals surface area contributed by atoms with Crippen molar-refractivity contribution in [3.8, 4) is 11.5 Å². The molecular formula is C16H18INO2. The molecule has 0 radical (unpaired) electrons. The molecule has 0 aliphatic rings. The van der Waals surface area contributed by atoms with Crippen LogP contribution in [0.1, 0.15) is 24.1 Å². The van der Waals surface area contributed by atoms with E-state index in [1.165, 1.54) is 3.57 Å². The van der Waals surface area contributed by atoms with E-state index in [1.807, 2.05) is 25.1 Å². The lowest BCUT2D eigenvalue weighted by Crippen LogP contribution is -2.08. The summed E-state index contributed by atoms with van der Waals surface area (Å²) in [7, 11) is 1.64. The van der Waals surface area contributed by atoms with E-state index in [0.29, 0.717) is 6.61 Å². The number of halogens is 1. The molecule has 106 valence electrons. The monoisotopic (exact) mass is 383 g/mol. The van der Waals surface area contributed by atoms with Gasteiger partial charge in [0.25, 0.3) is 0 Å². The van der Waals surface area contributed by atoms with Gasteiger partial charge in [-0.3, -0.25) is 0 Å².